The molecular weight excluding hydrogens is 332 g/mol. The van der Waals surface area contributed by atoms with Crippen LogP contribution in [0.1, 0.15) is 58.7 Å². The average Bonchev–Trinajstić information content (AvgIpc) is 2.60. The minimum Gasteiger partial charge on any atom is -0.427 e. The molecule has 1 unspecified atom stereocenters. The van der Waals surface area contributed by atoms with Gasteiger partial charge in [-0.1, -0.05) is 12.5 Å². The van der Waals surface area contributed by atoms with Crippen LogP contribution in [-0.4, -0.2) is 35.5 Å². The van der Waals surface area contributed by atoms with Gasteiger partial charge < -0.3 is 14.1 Å². The minimum atomic E-state index is -0.530. The third-order valence-corrected chi connectivity index (χ3v) is 5.26. The first-order chi connectivity index (χ1) is 12.6. The van der Waals surface area contributed by atoms with Crippen LogP contribution in [0.25, 0.3) is 0 Å². The summed E-state index contributed by atoms with van der Waals surface area (Å²) in [5, 5.41) is 0. The van der Waals surface area contributed by atoms with Crippen molar-refractivity contribution in [2.45, 2.75) is 38.2 Å². The number of aromatic nitrogens is 1. The monoisotopic (exact) mass is 354 g/mol. The van der Waals surface area contributed by atoms with Gasteiger partial charge in [0.1, 0.15) is 17.4 Å². The molecule has 26 heavy (non-hydrogen) atoms. The molecule has 0 N–H and O–H groups in total. The highest BCUT2D eigenvalue weighted by Gasteiger charge is 2.31. The fourth-order valence-electron chi connectivity index (χ4n) is 3.52. The average molecular weight is 354 g/mol. The second-order valence-corrected chi connectivity index (χ2v) is 6.99. The van der Waals surface area contributed by atoms with E-state index in [1.807, 2.05) is 31.2 Å². The van der Waals surface area contributed by atoms with E-state index in [4.69, 9.17) is 9.15 Å². The second kappa shape index (κ2) is 7.03. The number of amides is 1. The Labute approximate surface area is 151 Å². The lowest BCUT2D eigenvalue weighted by Crippen LogP contribution is -2.44. The maximum absolute atomic E-state index is 13.0. The Morgan fingerprint density at radius 1 is 1.31 bits per heavy atom. The Balaban J connectivity index is 1.56. The highest BCUT2D eigenvalue weighted by atomic mass is 16.5. The van der Waals surface area contributed by atoms with Gasteiger partial charge in [-0.25, -0.2) is 4.79 Å². The molecule has 2 aromatic heterocycles. The van der Waals surface area contributed by atoms with Crippen LogP contribution in [-0.2, 0) is 4.74 Å². The zero-order valence-corrected chi connectivity index (χ0v) is 14.8. The smallest absolute Gasteiger partial charge is 0.349 e. The maximum atomic E-state index is 13.0. The lowest BCUT2D eigenvalue weighted by molar-refractivity contribution is -0.0249. The molecule has 2 fully saturated rings. The fraction of sp³-hybridized carbons (Fsp3) is 0.450. The first-order valence-corrected chi connectivity index (χ1v) is 9.10. The molecule has 1 aliphatic heterocycles. The number of ether oxygens (including phenoxy) is 1. The Hall–Kier alpha value is -2.47. The molecular formula is C20H22N2O4. The van der Waals surface area contributed by atoms with Crippen molar-refractivity contribution < 1.29 is 13.9 Å². The van der Waals surface area contributed by atoms with Crippen LogP contribution >= 0.6 is 0 Å². The Bertz CT molecular complexity index is 858. The number of pyridine rings is 1. The fourth-order valence-corrected chi connectivity index (χ4v) is 3.52. The first kappa shape index (κ1) is 17.0. The number of carbonyl (C=O) groups excluding carboxylic acids is 1. The second-order valence-electron chi connectivity index (χ2n) is 6.99. The van der Waals surface area contributed by atoms with Crippen LogP contribution in [0.2, 0.25) is 0 Å². The topological polar surface area (TPSA) is 72.6 Å². The van der Waals surface area contributed by atoms with E-state index in [0.29, 0.717) is 36.9 Å². The van der Waals surface area contributed by atoms with Crippen LogP contribution in [0.3, 0.4) is 0 Å². The van der Waals surface area contributed by atoms with Gasteiger partial charge in [0.2, 0.25) is 0 Å². The van der Waals surface area contributed by atoms with Gasteiger partial charge >= 0.3 is 5.63 Å². The van der Waals surface area contributed by atoms with Gasteiger partial charge in [-0.15, -0.1) is 0 Å². The zero-order valence-electron chi connectivity index (χ0n) is 14.8. The van der Waals surface area contributed by atoms with Crippen molar-refractivity contribution in [1.82, 2.24) is 9.88 Å². The summed E-state index contributed by atoms with van der Waals surface area (Å²) in [5.41, 5.74) is 1.08. The summed E-state index contributed by atoms with van der Waals surface area (Å²) in [6.07, 6.45) is 4.68. The lowest BCUT2D eigenvalue weighted by Gasteiger charge is -2.32. The van der Waals surface area contributed by atoms with Crippen molar-refractivity contribution in [3.05, 3.63) is 63.5 Å². The van der Waals surface area contributed by atoms with Crippen molar-refractivity contribution in [1.29, 1.82) is 0 Å². The van der Waals surface area contributed by atoms with Gasteiger partial charge in [0, 0.05) is 18.7 Å². The van der Waals surface area contributed by atoms with E-state index in [1.54, 1.807) is 11.1 Å². The molecule has 6 heteroatoms. The first-order valence-electron chi connectivity index (χ1n) is 9.10. The number of carbonyl (C=O) groups is 1. The standard InChI is InChI=1S/C20H22N2O4/c1-13-11-16(14-5-4-6-14)26-20(24)18(13)19(23)22-9-10-25-17(12-22)15-7-2-3-8-21-15/h2-3,7-8,11,14,17H,4-6,9-10,12H2,1H3. The molecule has 0 bridgehead atoms. The Morgan fingerprint density at radius 3 is 2.81 bits per heavy atom. The SMILES string of the molecule is Cc1cc(C2CCC2)oc(=O)c1C(=O)N1CCOC(c2ccccn2)C1. The molecule has 2 aromatic rings. The Morgan fingerprint density at radius 2 is 2.15 bits per heavy atom. The molecule has 3 heterocycles. The van der Waals surface area contributed by atoms with Crippen LogP contribution in [0.5, 0.6) is 0 Å². The third-order valence-electron chi connectivity index (χ3n) is 5.26. The summed E-state index contributed by atoms with van der Waals surface area (Å²) in [5.74, 6) is 0.742. The highest BCUT2D eigenvalue weighted by Crippen LogP contribution is 2.36. The number of morpholine rings is 1. The van der Waals surface area contributed by atoms with Gasteiger partial charge in [0.15, 0.2) is 0 Å². The van der Waals surface area contributed by atoms with Crippen LogP contribution < -0.4 is 5.63 Å². The van der Waals surface area contributed by atoms with Crippen LogP contribution in [0.4, 0.5) is 0 Å². The highest BCUT2D eigenvalue weighted by molar-refractivity contribution is 5.95. The van der Waals surface area contributed by atoms with E-state index in [9.17, 15) is 9.59 Å². The van der Waals surface area contributed by atoms with Crippen molar-refractivity contribution in [3.63, 3.8) is 0 Å². The van der Waals surface area contributed by atoms with Crippen molar-refractivity contribution in [2.24, 2.45) is 0 Å². The summed E-state index contributed by atoms with van der Waals surface area (Å²) >= 11 is 0. The van der Waals surface area contributed by atoms with Gasteiger partial charge in [-0.2, -0.15) is 0 Å². The van der Waals surface area contributed by atoms with Gasteiger partial charge in [-0.3, -0.25) is 9.78 Å². The molecule has 4 rings (SSSR count). The zero-order chi connectivity index (χ0) is 18.1. The van der Waals surface area contributed by atoms with Crippen molar-refractivity contribution in [3.8, 4) is 0 Å². The van der Waals surface area contributed by atoms with Gasteiger partial charge in [-0.05, 0) is 43.5 Å². The quantitative estimate of drug-likeness (QED) is 0.847. The molecule has 1 saturated heterocycles. The van der Waals surface area contributed by atoms with E-state index in [0.717, 1.165) is 25.0 Å². The van der Waals surface area contributed by atoms with Crippen molar-refractivity contribution in [2.75, 3.05) is 19.7 Å². The number of nitrogens with zero attached hydrogens (tertiary/aromatic N) is 2. The number of hydrogen-bond acceptors (Lipinski definition) is 5. The molecule has 1 saturated carbocycles. The number of rotatable bonds is 3. The Kier molecular flexibility index (Phi) is 4.59. The van der Waals surface area contributed by atoms with E-state index in [2.05, 4.69) is 4.98 Å². The van der Waals surface area contributed by atoms with Crippen LogP contribution in [0.15, 0.2) is 39.7 Å². The van der Waals surface area contributed by atoms with Gasteiger partial charge in [0.25, 0.3) is 5.91 Å². The van der Waals surface area contributed by atoms with E-state index in [-0.39, 0.29) is 17.6 Å². The number of hydrogen-bond donors (Lipinski definition) is 0. The van der Waals surface area contributed by atoms with Crippen molar-refractivity contribution >= 4 is 5.91 Å². The molecule has 1 amide bonds. The molecule has 6 nitrogen and oxygen atoms in total. The summed E-state index contributed by atoms with van der Waals surface area (Å²) in [7, 11) is 0. The number of aryl methyl sites for hydroxylation is 1. The predicted molar refractivity (Wildman–Crippen MR) is 95.1 cm³/mol. The molecule has 1 atom stereocenters. The molecule has 0 aromatic carbocycles. The summed E-state index contributed by atoms with van der Waals surface area (Å²) in [6.45, 7) is 3.05. The molecule has 2 aliphatic rings. The van der Waals surface area contributed by atoms with E-state index >= 15 is 0 Å². The summed E-state index contributed by atoms with van der Waals surface area (Å²) in [6, 6.07) is 7.47. The van der Waals surface area contributed by atoms with Crippen LogP contribution in [0, 0.1) is 6.92 Å². The molecule has 136 valence electrons. The third kappa shape index (κ3) is 3.17. The summed E-state index contributed by atoms with van der Waals surface area (Å²) < 4.78 is 11.2. The molecule has 1 aliphatic carbocycles. The molecule has 0 radical (unpaired) electrons. The molecule has 0 spiro atoms. The van der Waals surface area contributed by atoms with E-state index in [1.165, 1.54) is 0 Å². The van der Waals surface area contributed by atoms with Gasteiger partial charge in [0.05, 0.1) is 18.8 Å². The largest absolute Gasteiger partial charge is 0.427 e. The minimum absolute atomic E-state index is 0.134. The maximum Gasteiger partial charge on any atom is 0.349 e. The predicted octanol–water partition coefficient (Wildman–Crippen LogP) is 2.82. The normalized spacial score (nSPS) is 20.7. The summed E-state index contributed by atoms with van der Waals surface area (Å²) in [4.78, 5) is 31.4. The lowest BCUT2D eigenvalue weighted by atomic mass is 9.83. The van der Waals surface area contributed by atoms with E-state index < -0.39 is 5.63 Å².